The molecule has 0 bridgehead atoms. The van der Waals surface area contributed by atoms with E-state index < -0.39 is 71.4 Å². The number of nitro benzene ring substituents is 1. The Kier molecular flexibility index (Phi) is 6.47. The molecule has 1 aromatic carbocycles. The highest BCUT2D eigenvalue weighted by molar-refractivity contribution is 7.97. The number of aliphatic imine (C=N–C) groups is 1. The topological polar surface area (TPSA) is 193 Å². The van der Waals surface area contributed by atoms with E-state index in [4.69, 9.17) is 13.6 Å². The molecule has 1 fully saturated rings. The summed E-state index contributed by atoms with van der Waals surface area (Å²) in [6.45, 7) is 2.29. The summed E-state index contributed by atoms with van der Waals surface area (Å²) in [5.41, 5.74) is -0.635. The second kappa shape index (κ2) is 9.13. The standard InChI is InChI=1S/C21H20N2O11S2/c1-11-17(20(24)32-9-16-12(2)33-21(25)34-16)18(13-4-3-5-14(8-13)23(26)27)19-15(22-11)10-35(28,29)6-7-36(19,30)31/h3-5,8,18-19H,6-7,9-10H2,1-2H3. The number of carbonyl (C=O) groups excluding carboxylic acids is 1. The van der Waals surface area contributed by atoms with E-state index in [2.05, 4.69) is 4.99 Å². The number of ether oxygens (including phenoxy) is 1. The van der Waals surface area contributed by atoms with Crippen LogP contribution >= 0.6 is 0 Å². The number of sulfone groups is 2. The van der Waals surface area contributed by atoms with Gasteiger partial charge in [0.05, 0.1) is 33.5 Å². The van der Waals surface area contributed by atoms with Gasteiger partial charge >= 0.3 is 11.8 Å². The average Bonchev–Trinajstić information content (AvgIpc) is 3.07. The molecule has 2 atom stereocenters. The van der Waals surface area contributed by atoms with Gasteiger partial charge in [-0.1, -0.05) is 12.1 Å². The molecule has 15 heteroatoms. The molecule has 0 saturated carbocycles. The molecule has 3 heterocycles. The molecule has 2 aliphatic rings. The fraction of sp³-hybridized carbons (Fsp3) is 0.381. The summed E-state index contributed by atoms with van der Waals surface area (Å²) >= 11 is 0. The first-order valence-corrected chi connectivity index (χ1v) is 14.0. The molecule has 0 spiro atoms. The van der Waals surface area contributed by atoms with Crippen molar-refractivity contribution in [2.75, 3.05) is 17.3 Å². The summed E-state index contributed by atoms with van der Waals surface area (Å²) in [6, 6.07) is 5.07. The number of aryl methyl sites for hydroxylation is 1. The van der Waals surface area contributed by atoms with Crippen LogP contribution in [-0.2, 0) is 35.8 Å². The molecule has 2 unspecified atom stereocenters. The van der Waals surface area contributed by atoms with Crippen molar-refractivity contribution in [1.29, 1.82) is 0 Å². The average molecular weight is 541 g/mol. The lowest BCUT2D eigenvalue weighted by Crippen LogP contribution is -2.42. The number of nitrogens with zero attached hydrogens (tertiary/aromatic N) is 2. The van der Waals surface area contributed by atoms with Crippen LogP contribution in [-0.4, -0.2) is 55.9 Å². The van der Waals surface area contributed by atoms with Gasteiger partial charge in [-0.05, 0) is 19.4 Å². The lowest BCUT2D eigenvalue weighted by atomic mass is 9.83. The van der Waals surface area contributed by atoms with E-state index in [1.165, 1.54) is 32.0 Å². The molecular weight excluding hydrogens is 520 g/mol. The van der Waals surface area contributed by atoms with Crippen LogP contribution in [0.25, 0.3) is 0 Å². The highest BCUT2D eigenvalue weighted by atomic mass is 32.2. The third-order valence-electron chi connectivity index (χ3n) is 5.91. The Labute approximate surface area is 204 Å². The molecule has 2 aliphatic heterocycles. The fourth-order valence-electron chi connectivity index (χ4n) is 4.27. The van der Waals surface area contributed by atoms with E-state index in [-0.39, 0.29) is 39.8 Å². The zero-order valence-corrected chi connectivity index (χ0v) is 20.6. The van der Waals surface area contributed by atoms with Crippen molar-refractivity contribution in [3.63, 3.8) is 0 Å². The summed E-state index contributed by atoms with van der Waals surface area (Å²) in [5, 5.41) is 9.84. The SMILES string of the molecule is CC1=C(C(=O)OCc2oc(=O)oc2C)C(c2cccc([N+](=O)[O-])c2)C2C(=N1)CS(=O)(=O)CCS2(=O)=O. The van der Waals surface area contributed by atoms with Gasteiger partial charge in [0, 0.05) is 23.7 Å². The van der Waals surface area contributed by atoms with Crippen molar-refractivity contribution in [2.24, 2.45) is 4.99 Å². The highest BCUT2D eigenvalue weighted by Crippen LogP contribution is 2.41. The minimum Gasteiger partial charge on any atom is -0.454 e. The number of nitro groups is 1. The van der Waals surface area contributed by atoms with E-state index in [9.17, 15) is 36.5 Å². The number of rotatable bonds is 5. The van der Waals surface area contributed by atoms with Gasteiger partial charge in [0.25, 0.3) is 5.69 Å². The van der Waals surface area contributed by atoms with Gasteiger partial charge in [0.1, 0.15) is 5.25 Å². The van der Waals surface area contributed by atoms with Crippen molar-refractivity contribution < 1.29 is 40.1 Å². The van der Waals surface area contributed by atoms with Crippen molar-refractivity contribution in [3.8, 4) is 0 Å². The molecule has 0 amide bonds. The molecule has 2 aromatic rings. The Morgan fingerprint density at radius 1 is 1.19 bits per heavy atom. The molecule has 0 aliphatic carbocycles. The Bertz CT molecular complexity index is 1590. The Morgan fingerprint density at radius 2 is 1.92 bits per heavy atom. The van der Waals surface area contributed by atoms with Gasteiger partial charge in [-0.3, -0.25) is 15.1 Å². The zero-order valence-electron chi connectivity index (χ0n) is 19.0. The van der Waals surface area contributed by atoms with Crippen LogP contribution in [0.1, 0.15) is 29.9 Å². The van der Waals surface area contributed by atoms with Crippen LogP contribution in [0, 0.1) is 17.0 Å². The molecule has 1 saturated heterocycles. The first-order chi connectivity index (χ1) is 16.8. The van der Waals surface area contributed by atoms with E-state index in [1.807, 2.05) is 0 Å². The van der Waals surface area contributed by atoms with Crippen LogP contribution < -0.4 is 5.82 Å². The van der Waals surface area contributed by atoms with E-state index in [0.29, 0.717) is 0 Å². The molecular formula is C21H20N2O11S2. The molecule has 4 rings (SSSR count). The molecule has 13 nitrogen and oxygen atoms in total. The normalized spacial score (nSPS) is 22.8. The van der Waals surface area contributed by atoms with Crippen LogP contribution in [0.2, 0.25) is 0 Å². The van der Waals surface area contributed by atoms with Crippen molar-refractivity contribution in [2.45, 2.75) is 31.6 Å². The first-order valence-electron chi connectivity index (χ1n) is 10.5. The van der Waals surface area contributed by atoms with Gasteiger partial charge in [-0.25, -0.2) is 26.4 Å². The van der Waals surface area contributed by atoms with E-state index in [0.717, 1.165) is 6.07 Å². The van der Waals surface area contributed by atoms with Gasteiger partial charge in [0.15, 0.2) is 37.8 Å². The van der Waals surface area contributed by atoms with Crippen LogP contribution in [0.15, 0.2) is 54.2 Å². The zero-order chi connectivity index (χ0) is 26.4. The van der Waals surface area contributed by atoms with Gasteiger partial charge in [-0.15, -0.1) is 0 Å². The molecule has 0 N–H and O–H groups in total. The predicted octanol–water partition coefficient (Wildman–Crippen LogP) is 1.22. The first kappa shape index (κ1) is 25.5. The highest BCUT2D eigenvalue weighted by Gasteiger charge is 2.48. The quantitative estimate of drug-likeness (QED) is 0.300. The Hall–Kier alpha value is -3.59. The second-order valence-corrected chi connectivity index (χ2v) is 12.7. The number of carbonyl (C=O) groups is 1. The van der Waals surface area contributed by atoms with Crippen molar-refractivity contribution in [3.05, 3.63) is 73.4 Å². The molecule has 0 radical (unpaired) electrons. The summed E-state index contributed by atoms with van der Waals surface area (Å²) in [6.07, 6.45) is 0. The Morgan fingerprint density at radius 3 is 2.56 bits per heavy atom. The van der Waals surface area contributed by atoms with Crippen molar-refractivity contribution in [1.82, 2.24) is 0 Å². The number of benzene rings is 1. The van der Waals surface area contributed by atoms with E-state index >= 15 is 0 Å². The minimum absolute atomic E-state index is 0.000393. The monoisotopic (exact) mass is 540 g/mol. The summed E-state index contributed by atoms with van der Waals surface area (Å²) in [5.74, 6) is -5.29. The smallest absolute Gasteiger partial charge is 0.454 e. The lowest BCUT2D eigenvalue weighted by Gasteiger charge is -2.32. The number of allylic oxidation sites excluding steroid dienone is 1. The molecule has 192 valence electrons. The molecule has 1 aromatic heterocycles. The lowest BCUT2D eigenvalue weighted by molar-refractivity contribution is -0.384. The summed E-state index contributed by atoms with van der Waals surface area (Å²) < 4.78 is 66.3. The maximum atomic E-state index is 13.3. The number of hydrogen-bond donors (Lipinski definition) is 0. The molecule has 36 heavy (non-hydrogen) atoms. The van der Waals surface area contributed by atoms with Crippen molar-refractivity contribution >= 4 is 37.0 Å². The number of non-ortho nitro benzene ring substituents is 1. The third-order valence-corrected chi connectivity index (χ3v) is 9.82. The maximum Gasteiger partial charge on any atom is 0.519 e. The number of fused-ring (bicyclic) bond motifs is 1. The van der Waals surface area contributed by atoms with Crippen LogP contribution in [0.4, 0.5) is 5.69 Å². The van der Waals surface area contributed by atoms with Gasteiger partial charge in [0.2, 0.25) is 0 Å². The summed E-state index contributed by atoms with van der Waals surface area (Å²) in [7, 11) is -7.99. The predicted molar refractivity (Wildman–Crippen MR) is 124 cm³/mol. The largest absolute Gasteiger partial charge is 0.519 e. The van der Waals surface area contributed by atoms with Crippen LogP contribution in [0.3, 0.4) is 0 Å². The third kappa shape index (κ3) is 4.88. The minimum atomic E-state index is -4.18. The van der Waals surface area contributed by atoms with E-state index in [1.54, 1.807) is 0 Å². The second-order valence-electron chi connectivity index (χ2n) is 8.32. The fourth-order valence-corrected chi connectivity index (χ4v) is 8.67. The maximum absolute atomic E-state index is 13.3. The number of esters is 1. The Balaban J connectivity index is 1.86. The van der Waals surface area contributed by atoms with Gasteiger partial charge < -0.3 is 13.6 Å². The number of hydrogen-bond acceptors (Lipinski definition) is 12. The summed E-state index contributed by atoms with van der Waals surface area (Å²) in [4.78, 5) is 39.4. The van der Waals surface area contributed by atoms with Gasteiger partial charge in [-0.2, -0.15) is 0 Å². The van der Waals surface area contributed by atoms with Crippen LogP contribution in [0.5, 0.6) is 0 Å².